The van der Waals surface area contributed by atoms with Crippen LogP contribution in [0.3, 0.4) is 0 Å². The van der Waals surface area contributed by atoms with Gasteiger partial charge in [0.05, 0.1) is 16.5 Å². The number of hydrogen-bond donors (Lipinski definition) is 2. The van der Waals surface area contributed by atoms with Crippen molar-refractivity contribution in [3.63, 3.8) is 0 Å². The van der Waals surface area contributed by atoms with E-state index in [0.29, 0.717) is 0 Å². The Kier molecular flexibility index (Phi) is 3.58. The van der Waals surface area contributed by atoms with Crippen molar-refractivity contribution in [3.05, 3.63) is 0 Å². The molecule has 0 saturated heterocycles. The fourth-order valence-corrected chi connectivity index (χ4v) is 1.86. The summed E-state index contributed by atoms with van der Waals surface area (Å²) in [6, 6.07) is 0. The molecule has 1 fully saturated rings. The first-order valence-electron chi connectivity index (χ1n) is 5.02. The molecule has 2 N–H and O–H groups in total. The fourth-order valence-electron chi connectivity index (χ4n) is 1.76. The lowest BCUT2D eigenvalue weighted by atomic mass is 9.98. The summed E-state index contributed by atoms with van der Waals surface area (Å²) in [5.74, 6) is -0.0477. The number of halogens is 1. The molecule has 0 heterocycles. The summed E-state index contributed by atoms with van der Waals surface area (Å²) in [6.45, 7) is 3.66. The zero-order valence-corrected chi connectivity index (χ0v) is 10.4. The molecular weight excluding hydrogens is 246 g/mol. The number of alkyl halides is 1. The average molecular weight is 264 g/mol. The molecule has 1 amide bonds. The van der Waals surface area contributed by atoms with Gasteiger partial charge in [-0.3, -0.25) is 4.79 Å². The van der Waals surface area contributed by atoms with Gasteiger partial charge >= 0.3 is 0 Å². The summed E-state index contributed by atoms with van der Waals surface area (Å²) in [5.41, 5.74) is -0.359. The van der Waals surface area contributed by atoms with Crippen molar-refractivity contribution in [2.45, 2.75) is 49.4 Å². The molecule has 0 spiro atoms. The summed E-state index contributed by atoms with van der Waals surface area (Å²) in [5, 5.41) is 12.2. The second-order valence-corrected chi connectivity index (χ2v) is 6.55. The van der Waals surface area contributed by atoms with E-state index in [4.69, 9.17) is 0 Å². The van der Waals surface area contributed by atoms with Gasteiger partial charge in [0.1, 0.15) is 0 Å². The zero-order chi connectivity index (χ0) is 10.8. The molecule has 0 aromatic rings. The van der Waals surface area contributed by atoms with Gasteiger partial charge in [0, 0.05) is 0 Å². The minimum Gasteiger partial charge on any atom is -0.394 e. The molecule has 1 saturated carbocycles. The predicted molar refractivity (Wildman–Crippen MR) is 59.4 cm³/mol. The third kappa shape index (κ3) is 2.70. The van der Waals surface area contributed by atoms with Crippen LogP contribution in [0.1, 0.15) is 39.5 Å². The van der Waals surface area contributed by atoms with Crippen LogP contribution in [-0.2, 0) is 4.79 Å². The number of carbonyl (C=O) groups is 1. The second-order valence-electron chi connectivity index (χ2n) is 4.57. The summed E-state index contributed by atoms with van der Waals surface area (Å²) in [6.07, 6.45) is 3.95. The van der Waals surface area contributed by atoms with E-state index in [2.05, 4.69) is 21.2 Å². The number of carbonyl (C=O) groups excluding carboxylic acids is 1. The van der Waals surface area contributed by atoms with Crippen molar-refractivity contribution in [2.75, 3.05) is 6.61 Å². The van der Waals surface area contributed by atoms with Crippen LogP contribution in [0.15, 0.2) is 0 Å². The molecule has 14 heavy (non-hydrogen) atoms. The SMILES string of the molecule is CC(C)(Br)C(=O)NC1(CO)CCCC1. The summed E-state index contributed by atoms with van der Waals surface area (Å²) >= 11 is 3.31. The Balaban J connectivity index is 2.61. The van der Waals surface area contributed by atoms with Crippen LogP contribution in [0, 0.1) is 0 Å². The number of hydrogen-bond acceptors (Lipinski definition) is 2. The third-order valence-corrected chi connectivity index (χ3v) is 3.14. The molecule has 1 aliphatic rings. The highest BCUT2D eigenvalue weighted by molar-refractivity contribution is 9.10. The molecule has 1 aliphatic carbocycles. The van der Waals surface area contributed by atoms with Gasteiger partial charge in [-0.05, 0) is 26.7 Å². The van der Waals surface area contributed by atoms with E-state index in [0.717, 1.165) is 25.7 Å². The summed E-state index contributed by atoms with van der Waals surface area (Å²) in [4.78, 5) is 11.7. The molecular formula is C10H18BrNO2. The van der Waals surface area contributed by atoms with Crippen molar-refractivity contribution in [2.24, 2.45) is 0 Å². The minimum absolute atomic E-state index is 0.0435. The largest absolute Gasteiger partial charge is 0.394 e. The normalized spacial score (nSPS) is 20.9. The van der Waals surface area contributed by atoms with E-state index in [1.54, 1.807) is 0 Å². The molecule has 0 radical (unpaired) electrons. The Bertz CT molecular complexity index is 217. The lowest BCUT2D eigenvalue weighted by Crippen LogP contribution is -2.53. The Morgan fingerprint density at radius 2 is 2.00 bits per heavy atom. The van der Waals surface area contributed by atoms with Crippen LogP contribution in [0.25, 0.3) is 0 Å². The van der Waals surface area contributed by atoms with E-state index in [1.165, 1.54) is 0 Å². The van der Waals surface area contributed by atoms with Gasteiger partial charge in [-0.1, -0.05) is 28.8 Å². The van der Waals surface area contributed by atoms with Crippen LogP contribution >= 0.6 is 15.9 Å². The molecule has 0 aliphatic heterocycles. The first-order chi connectivity index (χ1) is 6.40. The van der Waals surface area contributed by atoms with Gasteiger partial charge in [-0.25, -0.2) is 0 Å². The molecule has 3 nitrogen and oxygen atoms in total. The van der Waals surface area contributed by atoms with Gasteiger partial charge in [0.25, 0.3) is 0 Å². The second kappa shape index (κ2) is 4.19. The quantitative estimate of drug-likeness (QED) is 0.760. The van der Waals surface area contributed by atoms with Gasteiger partial charge in [-0.15, -0.1) is 0 Å². The first kappa shape index (κ1) is 12.0. The Labute approximate surface area is 93.4 Å². The molecule has 0 unspecified atom stereocenters. The van der Waals surface area contributed by atoms with E-state index in [-0.39, 0.29) is 18.1 Å². The number of rotatable bonds is 3. The molecule has 0 aromatic carbocycles. The van der Waals surface area contributed by atoms with Gasteiger partial charge < -0.3 is 10.4 Å². The Morgan fingerprint density at radius 1 is 1.50 bits per heavy atom. The highest BCUT2D eigenvalue weighted by Gasteiger charge is 2.37. The van der Waals surface area contributed by atoms with Crippen molar-refractivity contribution in [1.82, 2.24) is 5.32 Å². The molecule has 0 atom stereocenters. The highest BCUT2D eigenvalue weighted by Crippen LogP contribution is 2.30. The van der Waals surface area contributed by atoms with E-state index < -0.39 is 4.32 Å². The molecule has 4 heteroatoms. The smallest absolute Gasteiger partial charge is 0.236 e. The number of amides is 1. The molecule has 0 aromatic heterocycles. The predicted octanol–water partition coefficient (Wildman–Crippen LogP) is 1.58. The lowest BCUT2D eigenvalue weighted by Gasteiger charge is -2.31. The molecule has 1 rings (SSSR count). The third-order valence-electron chi connectivity index (χ3n) is 2.78. The van der Waals surface area contributed by atoms with Crippen molar-refractivity contribution in [1.29, 1.82) is 0 Å². The van der Waals surface area contributed by atoms with Gasteiger partial charge in [-0.2, -0.15) is 0 Å². The maximum Gasteiger partial charge on any atom is 0.236 e. The first-order valence-corrected chi connectivity index (χ1v) is 5.81. The minimum atomic E-state index is -0.558. The van der Waals surface area contributed by atoms with Crippen molar-refractivity contribution in [3.8, 4) is 0 Å². The fraction of sp³-hybridized carbons (Fsp3) is 0.900. The van der Waals surface area contributed by atoms with E-state index in [1.807, 2.05) is 13.8 Å². The topological polar surface area (TPSA) is 49.3 Å². The van der Waals surface area contributed by atoms with Gasteiger partial charge in [0.2, 0.25) is 5.91 Å². The average Bonchev–Trinajstić information content (AvgIpc) is 2.52. The standard InChI is InChI=1S/C10H18BrNO2/c1-9(2,11)8(14)12-10(7-13)5-3-4-6-10/h13H,3-7H2,1-2H3,(H,12,14). The molecule has 82 valence electrons. The Morgan fingerprint density at radius 3 is 2.36 bits per heavy atom. The maximum absolute atomic E-state index is 11.7. The van der Waals surface area contributed by atoms with E-state index >= 15 is 0 Å². The van der Waals surface area contributed by atoms with Crippen molar-refractivity contribution < 1.29 is 9.90 Å². The van der Waals surface area contributed by atoms with Crippen LogP contribution in [0.2, 0.25) is 0 Å². The number of aliphatic hydroxyl groups excluding tert-OH is 1. The lowest BCUT2D eigenvalue weighted by molar-refractivity contribution is -0.125. The molecule has 0 bridgehead atoms. The van der Waals surface area contributed by atoms with Gasteiger partial charge in [0.15, 0.2) is 0 Å². The van der Waals surface area contributed by atoms with Crippen LogP contribution in [-0.4, -0.2) is 27.5 Å². The summed E-state index contributed by atoms with van der Waals surface area (Å²) in [7, 11) is 0. The number of aliphatic hydroxyl groups is 1. The van der Waals surface area contributed by atoms with E-state index in [9.17, 15) is 9.90 Å². The van der Waals surface area contributed by atoms with Crippen molar-refractivity contribution >= 4 is 21.8 Å². The Hall–Kier alpha value is -0.0900. The zero-order valence-electron chi connectivity index (χ0n) is 8.77. The highest BCUT2D eigenvalue weighted by atomic mass is 79.9. The van der Waals surface area contributed by atoms with Crippen LogP contribution < -0.4 is 5.32 Å². The van der Waals surface area contributed by atoms with Crippen LogP contribution in [0.4, 0.5) is 0 Å². The number of nitrogens with one attached hydrogen (secondary N) is 1. The monoisotopic (exact) mass is 263 g/mol. The van der Waals surface area contributed by atoms with Crippen LogP contribution in [0.5, 0.6) is 0 Å². The summed E-state index contributed by atoms with van der Waals surface area (Å²) < 4.78 is -0.558. The maximum atomic E-state index is 11.7.